The first kappa shape index (κ1) is 12.7. The minimum Gasteiger partial charge on any atom is -0.399 e. The first-order valence-electron chi connectivity index (χ1n) is 6.94. The maximum atomic E-state index is 12.7. The lowest BCUT2D eigenvalue weighted by Crippen LogP contribution is -2.32. The van der Waals surface area contributed by atoms with Crippen molar-refractivity contribution in [1.29, 1.82) is 0 Å². The SMILES string of the molecule is Nc1cccc(C(=O)N(Cc2ccccc2)C2CC2)c1. The summed E-state index contributed by atoms with van der Waals surface area (Å²) in [4.78, 5) is 14.6. The summed E-state index contributed by atoms with van der Waals surface area (Å²) in [7, 11) is 0. The van der Waals surface area contributed by atoms with Crippen LogP contribution >= 0.6 is 0 Å². The predicted octanol–water partition coefficient (Wildman–Crippen LogP) is 3.07. The van der Waals surface area contributed by atoms with E-state index in [2.05, 4.69) is 12.1 Å². The van der Waals surface area contributed by atoms with Crippen LogP contribution in [0.4, 0.5) is 5.69 Å². The van der Waals surface area contributed by atoms with E-state index in [4.69, 9.17) is 5.73 Å². The van der Waals surface area contributed by atoms with Crippen molar-refractivity contribution in [2.24, 2.45) is 0 Å². The zero-order chi connectivity index (χ0) is 13.9. The number of carbonyl (C=O) groups is 1. The summed E-state index contributed by atoms with van der Waals surface area (Å²) in [5, 5.41) is 0. The van der Waals surface area contributed by atoms with Gasteiger partial charge in [-0.15, -0.1) is 0 Å². The van der Waals surface area contributed by atoms with E-state index < -0.39 is 0 Å². The van der Waals surface area contributed by atoms with Crippen LogP contribution < -0.4 is 5.73 Å². The Kier molecular flexibility index (Phi) is 3.42. The Hall–Kier alpha value is -2.29. The van der Waals surface area contributed by atoms with Gasteiger partial charge in [0.25, 0.3) is 5.91 Å². The summed E-state index contributed by atoms with van der Waals surface area (Å²) in [5.41, 5.74) is 8.24. The molecule has 0 heterocycles. The van der Waals surface area contributed by atoms with Crippen LogP contribution in [-0.2, 0) is 6.54 Å². The highest BCUT2D eigenvalue weighted by atomic mass is 16.2. The summed E-state index contributed by atoms with van der Waals surface area (Å²) in [6.45, 7) is 0.666. The third-order valence-corrected chi connectivity index (χ3v) is 3.58. The van der Waals surface area contributed by atoms with E-state index >= 15 is 0 Å². The lowest BCUT2D eigenvalue weighted by Gasteiger charge is -2.23. The molecule has 2 N–H and O–H groups in total. The van der Waals surface area contributed by atoms with Crippen LogP contribution in [0.1, 0.15) is 28.8 Å². The summed E-state index contributed by atoms with van der Waals surface area (Å²) >= 11 is 0. The van der Waals surface area contributed by atoms with E-state index in [-0.39, 0.29) is 5.91 Å². The fraction of sp³-hybridized carbons (Fsp3) is 0.235. The molecule has 0 unspecified atom stereocenters. The van der Waals surface area contributed by atoms with Gasteiger partial charge in [-0.25, -0.2) is 0 Å². The largest absolute Gasteiger partial charge is 0.399 e. The van der Waals surface area contributed by atoms with Gasteiger partial charge in [0.1, 0.15) is 0 Å². The second-order valence-electron chi connectivity index (χ2n) is 5.28. The molecule has 1 saturated carbocycles. The van der Waals surface area contributed by atoms with Gasteiger partial charge < -0.3 is 10.6 Å². The molecule has 0 bridgehead atoms. The van der Waals surface area contributed by atoms with Crippen LogP contribution in [0.15, 0.2) is 54.6 Å². The molecule has 0 spiro atoms. The van der Waals surface area contributed by atoms with Gasteiger partial charge in [0.2, 0.25) is 0 Å². The van der Waals surface area contributed by atoms with Crippen molar-refractivity contribution in [3.05, 3.63) is 65.7 Å². The lowest BCUT2D eigenvalue weighted by atomic mass is 10.1. The molecule has 1 fully saturated rings. The molecular formula is C17H18N2O. The second-order valence-corrected chi connectivity index (χ2v) is 5.28. The number of nitrogens with two attached hydrogens (primary N) is 1. The van der Waals surface area contributed by atoms with Gasteiger partial charge in [-0.05, 0) is 36.6 Å². The third kappa shape index (κ3) is 2.82. The van der Waals surface area contributed by atoms with Gasteiger partial charge in [0.15, 0.2) is 0 Å². The molecule has 1 aliphatic carbocycles. The number of benzene rings is 2. The first-order valence-corrected chi connectivity index (χ1v) is 6.94. The monoisotopic (exact) mass is 266 g/mol. The van der Waals surface area contributed by atoms with Gasteiger partial charge >= 0.3 is 0 Å². The van der Waals surface area contributed by atoms with Crippen molar-refractivity contribution in [2.45, 2.75) is 25.4 Å². The van der Waals surface area contributed by atoms with Crippen LogP contribution in [0, 0.1) is 0 Å². The van der Waals surface area contributed by atoms with Crippen LogP contribution in [0.3, 0.4) is 0 Å². The van der Waals surface area contributed by atoms with Gasteiger partial charge in [-0.2, -0.15) is 0 Å². The van der Waals surface area contributed by atoms with Crippen molar-refractivity contribution in [3.63, 3.8) is 0 Å². The summed E-state index contributed by atoms with van der Waals surface area (Å²) in [6, 6.07) is 17.7. The van der Waals surface area contributed by atoms with Crippen LogP contribution in [0.5, 0.6) is 0 Å². The van der Waals surface area contributed by atoms with Crippen molar-refractivity contribution < 1.29 is 4.79 Å². The Labute approximate surface area is 119 Å². The van der Waals surface area contributed by atoms with E-state index in [1.165, 1.54) is 0 Å². The number of hydrogen-bond donors (Lipinski definition) is 1. The Morgan fingerprint density at radius 3 is 2.50 bits per heavy atom. The van der Waals surface area contributed by atoms with E-state index in [0.717, 1.165) is 18.4 Å². The van der Waals surface area contributed by atoms with Crippen LogP contribution in [-0.4, -0.2) is 16.8 Å². The smallest absolute Gasteiger partial charge is 0.254 e. The van der Waals surface area contributed by atoms with Crippen LogP contribution in [0.25, 0.3) is 0 Å². The molecule has 2 aromatic carbocycles. The molecule has 3 heteroatoms. The molecule has 3 nitrogen and oxygen atoms in total. The van der Waals surface area contributed by atoms with E-state index in [0.29, 0.717) is 23.8 Å². The third-order valence-electron chi connectivity index (χ3n) is 3.58. The van der Waals surface area contributed by atoms with Crippen molar-refractivity contribution in [2.75, 3.05) is 5.73 Å². The molecule has 20 heavy (non-hydrogen) atoms. The molecule has 0 radical (unpaired) electrons. The molecule has 1 amide bonds. The van der Waals surface area contributed by atoms with Crippen LogP contribution in [0.2, 0.25) is 0 Å². The van der Waals surface area contributed by atoms with E-state index in [1.54, 1.807) is 12.1 Å². The Morgan fingerprint density at radius 2 is 1.85 bits per heavy atom. The second kappa shape index (κ2) is 5.37. The molecule has 102 valence electrons. The Bertz CT molecular complexity index is 605. The molecule has 0 atom stereocenters. The molecule has 1 aliphatic rings. The average Bonchev–Trinajstić information content (AvgIpc) is 3.30. The summed E-state index contributed by atoms with van der Waals surface area (Å²) in [6.07, 6.45) is 2.20. The van der Waals surface area contributed by atoms with E-state index in [9.17, 15) is 4.79 Å². The van der Waals surface area contributed by atoms with Gasteiger partial charge in [-0.3, -0.25) is 4.79 Å². The number of rotatable bonds is 4. The molecule has 0 aromatic heterocycles. The summed E-state index contributed by atoms with van der Waals surface area (Å²) < 4.78 is 0. The highest BCUT2D eigenvalue weighted by Gasteiger charge is 2.33. The Balaban J connectivity index is 1.82. The maximum Gasteiger partial charge on any atom is 0.254 e. The normalized spacial score (nSPS) is 14.0. The zero-order valence-corrected chi connectivity index (χ0v) is 11.3. The number of carbonyl (C=O) groups excluding carboxylic acids is 1. The van der Waals surface area contributed by atoms with Gasteiger partial charge in [0, 0.05) is 23.8 Å². The number of amides is 1. The zero-order valence-electron chi connectivity index (χ0n) is 11.3. The van der Waals surface area contributed by atoms with Gasteiger partial charge in [0.05, 0.1) is 0 Å². The predicted molar refractivity (Wildman–Crippen MR) is 80.2 cm³/mol. The maximum absolute atomic E-state index is 12.7. The molecule has 3 rings (SSSR count). The lowest BCUT2D eigenvalue weighted by molar-refractivity contribution is 0.0730. The minimum atomic E-state index is 0.0728. The Morgan fingerprint density at radius 1 is 1.10 bits per heavy atom. The standard InChI is InChI=1S/C17H18N2O/c18-15-8-4-7-14(11-15)17(20)19(16-9-10-16)12-13-5-2-1-3-6-13/h1-8,11,16H,9-10,12,18H2. The quantitative estimate of drug-likeness (QED) is 0.864. The van der Waals surface area contributed by atoms with Crippen molar-refractivity contribution in [1.82, 2.24) is 4.90 Å². The fourth-order valence-corrected chi connectivity index (χ4v) is 2.37. The van der Waals surface area contributed by atoms with Crippen molar-refractivity contribution in [3.8, 4) is 0 Å². The van der Waals surface area contributed by atoms with Crippen molar-refractivity contribution >= 4 is 11.6 Å². The highest BCUT2D eigenvalue weighted by molar-refractivity contribution is 5.95. The summed E-state index contributed by atoms with van der Waals surface area (Å²) in [5.74, 6) is 0.0728. The molecule has 0 saturated heterocycles. The molecule has 2 aromatic rings. The topological polar surface area (TPSA) is 46.3 Å². The molecular weight excluding hydrogens is 248 g/mol. The highest BCUT2D eigenvalue weighted by Crippen LogP contribution is 2.30. The number of nitrogen functional groups attached to an aromatic ring is 1. The average molecular weight is 266 g/mol. The molecule has 0 aliphatic heterocycles. The first-order chi connectivity index (χ1) is 9.74. The van der Waals surface area contributed by atoms with Gasteiger partial charge in [-0.1, -0.05) is 36.4 Å². The number of anilines is 1. The number of nitrogens with zero attached hydrogens (tertiary/aromatic N) is 1. The number of hydrogen-bond acceptors (Lipinski definition) is 2. The fourth-order valence-electron chi connectivity index (χ4n) is 2.37. The minimum absolute atomic E-state index is 0.0728. The van der Waals surface area contributed by atoms with E-state index in [1.807, 2.05) is 35.2 Å².